The first-order chi connectivity index (χ1) is 14.5. The third-order valence-corrected chi connectivity index (χ3v) is 5.41. The summed E-state index contributed by atoms with van der Waals surface area (Å²) in [5.74, 6) is -0.923. The molecular formula is C24H26FNO4. The first-order valence-corrected chi connectivity index (χ1v) is 10.3. The van der Waals surface area contributed by atoms with E-state index in [1.807, 2.05) is 18.2 Å². The Bertz CT molecular complexity index is 859. The summed E-state index contributed by atoms with van der Waals surface area (Å²) in [6, 6.07) is 15.5. The molecule has 0 N–H and O–H groups in total. The average Bonchev–Trinajstić information content (AvgIpc) is 2.77. The number of nitrogens with zero attached hydrogens (tertiary/aromatic N) is 1. The van der Waals surface area contributed by atoms with Gasteiger partial charge in [0.2, 0.25) is 0 Å². The van der Waals surface area contributed by atoms with Crippen molar-refractivity contribution in [3.8, 4) is 0 Å². The smallest absolute Gasteiger partial charge is 0.306 e. The zero-order chi connectivity index (χ0) is 21.3. The van der Waals surface area contributed by atoms with E-state index in [2.05, 4.69) is 12.1 Å². The lowest BCUT2D eigenvalue weighted by atomic mass is 9.90. The first-order valence-electron chi connectivity index (χ1n) is 10.3. The second kappa shape index (κ2) is 10.7. The fraction of sp³-hybridized carbons (Fsp3) is 0.375. The van der Waals surface area contributed by atoms with Crippen LogP contribution in [0.2, 0.25) is 0 Å². The van der Waals surface area contributed by atoms with Crippen LogP contribution < -0.4 is 0 Å². The maximum absolute atomic E-state index is 12.9. The first kappa shape index (κ1) is 21.7. The summed E-state index contributed by atoms with van der Waals surface area (Å²) in [6.45, 7) is 1.03. The second-order valence-corrected chi connectivity index (χ2v) is 7.60. The van der Waals surface area contributed by atoms with Gasteiger partial charge in [-0.05, 0) is 55.0 Å². The number of esters is 1. The molecule has 0 radical (unpaired) electrons. The third kappa shape index (κ3) is 6.51. The number of halogens is 1. The Labute approximate surface area is 175 Å². The summed E-state index contributed by atoms with van der Waals surface area (Å²) in [5.41, 5.74) is 1.66. The van der Waals surface area contributed by atoms with Crippen LogP contribution in [0.15, 0.2) is 54.6 Å². The quantitative estimate of drug-likeness (QED) is 0.489. The van der Waals surface area contributed by atoms with Crippen LogP contribution in [0.4, 0.5) is 4.39 Å². The monoisotopic (exact) mass is 411 g/mol. The van der Waals surface area contributed by atoms with Crippen molar-refractivity contribution in [1.82, 2.24) is 4.90 Å². The van der Waals surface area contributed by atoms with Crippen molar-refractivity contribution in [3.63, 3.8) is 0 Å². The van der Waals surface area contributed by atoms with Gasteiger partial charge >= 0.3 is 5.97 Å². The van der Waals surface area contributed by atoms with Crippen LogP contribution in [0.5, 0.6) is 0 Å². The standard InChI is InChI=1S/C24H26FNO4/c25-21-8-6-20(7-9-21)22(27)10-11-24(29)30-17-23(28)26-14-12-19(13-15-26)16-18-4-2-1-3-5-18/h1-9,19H,10-17H2. The van der Waals surface area contributed by atoms with E-state index in [4.69, 9.17) is 4.74 Å². The lowest BCUT2D eigenvalue weighted by molar-refractivity contribution is -0.152. The summed E-state index contributed by atoms with van der Waals surface area (Å²) in [7, 11) is 0. The molecule has 30 heavy (non-hydrogen) atoms. The normalized spacial score (nSPS) is 14.4. The zero-order valence-electron chi connectivity index (χ0n) is 16.9. The number of rotatable bonds is 8. The summed E-state index contributed by atoms with van der Waals surface area (Å²) >= 11 is 0. The van der Waals surface area contributed by atoms with Gasteiger partial charge in [0, 0.05) is 25.1 Å². The topological polar surface area (TPSA) is 63.7 Å². The van der Waals surface area contributed by atoms with E-state index in [0.717, 1.165) is 19.3 Å². The van der Waals surface area contributed by atoms with E-state index >= 15 is 0 Å². The second-order valence-electron chi connectivity index (χ2n) is 7.60. The highest BCUT2D eigenvalue weighted by Crippen LogP contribution is 2.21. The molecule has 6 heteroatoms. The predicted octanol–water partition coefficient (Wildman–Crippen LogP) is 3.81. The molecule has 1 aliphatic rings. The molecule has 5 nitrogen and oxygen atoms in total. The van der Waals surface area contributed by atoms with E-state index in [-0.39, 0.29) is 31.1 Å². The van der Waals surface area contributed by atoms with Crippen molar-refractivity contribution in [2.24, 2.45) is 5.92 Å². The van der Waals surface area contributed by atoms with E-state index < -0.39 is 11.8 Å². The number of hydrogen-bond acceptors (Lipinski definition) is 4. The molecule has 0 atom stereocenters. The molecule has 3 rings (SSSR count). The largest absolute Gasteiger partial charge is 0.456 e. The molecule has 2 aromatic carbocycles. The van der Waals surface area contributed by atoms with Crippen LogP contribution in [0.3, 0.4) is 0 Å². The third-order valence-electron chi connectivity index (χ3n) is 5.41. The van der Waals surface area contributed by atoms with Crippen molar-refractivity contribution in [3.05, 3.63) is 71.5 Å². The highest BCUT2D eigenvalue weighted by Gasteiger charge is 2.23. The Morgan fingerprint density at radius 3 is 2.27 bits per heavy atom. The Morgan fingerprint density at radius 1 is 0.933 bits per heavy atom. The Balaban J connectivity index is 1.33. The van der Waals surface area contributed by atoms with Crippen molar-refractivity contribution in [1.29, 1.82) is 0 Å². The molecule has 0 saturated carbocycles. The molecule has 0 spiro atoms. The molecule has 1 fully saturated rings. The predicted molar refractivity (Wildman–Crippen MR) is 110 cm³/mol. The maximum atomic E-state index is 12.9. The average molecular weight is 411 g/mol. The van der Waals surface area contributed by atoms with Gasteiger partial charge in [0.15, 0.2) is 12.4 Å². The fourth-order valence-electron chi connectivity index (χ4n) is 3.64. The van der Waals surface area contributed by atoms with Gasteiger partial charge < -0.3 is 9.64 Å². The molecule has 2 aromatic rings. The lowest BCUT2D eigenvalue weighted by Crippen LogP contribution is -2.41. The molecule has 1 saturated heterocycles. The number of Topliss-reactive ketones (excluding diaryl/α,β-unsaturated/α-hetero) is 1. The van der Waals surface area contributed by atoms with Gasteiger partial charge in [-0.1, -0.05) is 30.3 Å². The number of likely N-dealkylation sites (tertiary alicyclic amines) is 1. The number of benzene rings is 2. The van der Waals surface area contributed by atoms with Crippen LogP contribution in [-0.2, 0) is 20.7 Å². The molecular weight excluding hydrogens is 385 g/mol. The summed E-state index contributed by atoms with van der Waals surface area (Å²) in [4.78, 5) is 37.9. The maximum Gasteiger partial charge on any atom is 0.306 e. The lowest BCUT2D eigenvalue weighted by Gasteiger charge is -2.32. The van der Waals surface area contributed by atoms with Gasteiger partial charge in [0.25, 0.3) is 5.91 Å². The molecule has 1 heterocycles. The molecule has 0 aliphatic carbocycles. The minimum absolute atomic E-state index is 0.0382. The highest BCUT2D eigenvalue weighted by atomic mass is 19.1. The van der Waals surface area contributed by atoms with Crippen LogP contribution in [-0.4, -0.2) is 42.3 Å². The van der Waals surface area contributed by atoms with Gasteiger partial charge in [-0.15, -0.1) is 0 Å². The summed E-state index contributed by atoms with van der Waals surface area (Å²) in [6.07, 6.45) is 2.73. The summed E-state index contributed by atoms with van der Waals surface area (Å²) in [5, 5.41) is 0. The number of amides is 1. The van der Waals surface area contributed by atoms with Crippen molar-refractivity contribution in [2.45, 2.75) is 32.1 Å². The van der Waals surface area contributed by atoms with E-state index in [0.29, 0.717) is 24.6 Å². The number of piperidine rings is 1. The number of ether oxygens (including phenoxy) is 1. The van der Waals surface area contributed by atoms with Crippen molar-refractivity contribution >= 4 is 17.7 Å². The highest BCUT2D eigenvalue weighted by molar-refractivity contribution is 5.97. The molecule has 1 aliphatic heterocycles. The Kier molecular flexibility index (Phi) is 7.71. The van der Waals surface area contributed by atoms with Crippen LogP contribution in [0, 0.1) is 11.7 Å². The van der Waals surface area contributed by atoms with Crippen LogP contribution in [0.1, 0.15) is 41.6 Å². The van der Waals surface area contributed by atoms with Crippen molar-refractivity contribution < 1.29 is 23.5 Å². The fourth-order valence-corrected chi connectivity index (χ4v) is 3.64. The minimum atomic E-state index is -0.585. The zero-order valence-corrected chi connectivity index (χ0v) is 16.9. The van der Waals surface area contributed by atoms with Gasteiger partial charge in [-0.25, -0.2) is 4.39 Å². The van der Waals surface area contributed by atoms with Crippen LogP contribution >= 0.6 is 0 Å². The number of hydrogen-bond donors (Lipinski definition) is 0. The number of carbonyl (C=O) groups is 3. The van der Waals surface area contributed by atoms with Crippen LogP contribution in [0.25, 0.3) is 0 Å². The number of ketones is 1. The summed E-state index contributed by atoms with van der Waals surface area (Å²) < 4.78 is 17.9. The van der Waals surface area contributed by atoms with Gasteiger partial charge in [-0.3, -0.25) is 14.4 Å². The SMILES string of the molecule is O=C(CCC(=O)c1ccc(F)cc1)OCC(=O)N1CCC(Cc2ccccc2)CC1. The minimum Gasteiger partial charge on any atom is -0.456 e. The molecule has 1 amide bonds. The van der Waals surface area contributed by atoms with E-state index in [1.54, 1.807) is 4.90 Å². The molecule has 0 bridgehead atoms. The van der Waals surface area contributed by atoms with Gasteiger partial charge in [0.1, 0.15) is 5.82 Å². The number of carbonyl (C=O) groups excluding carboxylic acids is 3. The van der Waals surface area contributed by atoms with Crippen molar-refractivity contribution in [2.75, 3.05) is 19.7 Å². The van der Waals surface area contributed by atoms with Gasteiger partial charge in [0.05, 0.1) is 6.42 Å². The van der Waals surface area contributed by atoms with E-state index in [9.17, 15) is 18.8 Å². The molecule has 0 unspecified atom stereocenters. The van der Waals surface area contributed by atoms with Gasteiger partial charge in [-0.2, -0.15) is 0 Å². The molecule has 0 aromatic heterocycles. The molecule has 158 valence electrons. The Morgan fingerprint density at radius 2 is 1.60 bits per heavy atom. The van der Waals surface area contributed by atoms with E-state index in [1.165, 1.54) is 29.8 Å². The Hall–Kier alpha value is -3.02.